The van der Waals surface area contributed by atoms with E-state index in [1.807, 2.05) is 0 Å². The Balaban J connectivity index is 2.35. The molecular formula is C11H8F3NO2. The van der Waals surface area contributed by atoms with E-state index in [2.05, 4.69) is 10.1 Å². The van der Waals surface area contributed by atoms with Crippen molar-refractivity contribution < 1.29 is 22.7 Å². The largest absolute Gasteiger partial charge is 0.573 e. The molecule has 1 aromatic carbocycles. The van der Waals surface area contributed by atoms with Crippen molar-refractivity contribution in [3.05, 3.63) is 35.5 Å². The van der Waals surface area contributed by atoms with Crippen LogP contribution >= 0.6 is 0 Å². The van der Waals surface area contributed by atoms with Crippen LogP contribution in [-0.2, 0) is 4.79 Å². The Labute approximate surface area is 94.9 Å². The van der Waals surface area contributed by atoms with E-state index in [4.69, 9.17) is 0 Å². The fourth-order valence-electron chi connectivity index (χ4n) is 1.62. The molecule has 0 saturated heterocycles. The molecule has 0 radical (unpaired) electrons. The van der Waals surface area contributed by atoms with Crippen LogP contribution in [0, 0.1) is 0 Å². The fourth-order valence-corrected chi connectivity index (χ4v) is 1.62. The zero-order valence-corrected chi connectivity index (χ0v) is 8.49. The molecule has 0 fully saturated rings. The van der Waals surface area contributed by atoms with Crippen molar-refractivity contribution in [1.29, 1.82) is 0 Å². The second-order valence-corrected chi connectivity index (χ2v) is 3.45. The Morgan fingerprint density at radius 1 is 1.35 bits per heavy atom. The number of alkyl halides is 3. The Kier molecular flexibility index (Phi) is 2.79. The van der Waals surface area contributed by atoms with Crippen molar-refractivity contribution >= 4 is 12.4 Å². The highest BCUT2D eigenvalue weighted by atomic mass is 19.4. The van der Waals surface area contributed by atoms with Crippen molar-refractivity contribution in [3.8, 4) is 5.75 Å². The van der Waals surface area contributed by atoms with Gasteiger partial charge in [0.25, 0.3) is 0 Å². The third kappa shape index (κ3) is 2.58. The van der Waals surface area contributed by atoms with Crippen LogP contribution in [0.2, 0.25) is 0 Å². The molecule has 1 aromatic rings. The Bertz CT molecular complexity index is 468. The van der Waals surface area contributed by atoms with Gasteiger partial charge in [-0.15, -0.1) is 13.2 Å². The molecule has 0 spiro atoms. The molecule has 0 aromatic heterocycles. The van der Waals surface area contributed by atoms with Crippen LogP contribution < -0.4 is 10.1 Å². The summed E-state index contributed by atoms with van der Waals surface area (Å²) in [5, 5.41) is 2.73. The molecule has 0 saturated carbocycles. The van der Waals surface area contributed by atoms with E-state index in [1.54, 1.807) is 12.3 Å². The quantitative estimate of drug-likeness (QED) is 0.810. The van der Waals surface area contributed by atoms with Crippen LogP contribution in [0.1, 0.15) is 17.2 Å². The highest BCUT2D eigenvalue weighted by molar-refractivity contribution is 5.70. The summed E-state index contributed by atoms with van der Waals surface area (Å²) in [7, 11) is 0. The Morgan fingerprint density at radius 3 is 2.76 bits per heavy atom. The van der Waals surface area contributed by atoms with Crippen molar-refractivity contribution in [1.82, 2.24) is 5.32 Å². The Morgan fingerprint density at radius 2 is 2.12 bits per heavy atom. The zero-order chi connectivity index (χ0) is 12.5. The van der Waals surface area contributed by atoms with E-state index in [9.17, 15) is 18.0 Å². The maximum Gasteiger partial charge on any atom is 0.573 e. The number of hydrogen-bond donors (Lipinski definition) is 1. The maximum atomic E-state index is 12.0. The van der Waals surface area contributed by atoms with E-state index in [0.717, 1.165) is 0 Å². The molecule has 0 amide bonds. The minimum Gasteiger partial charge on any atom is -0.406 e. The van der Waals surface area contributed by atoms with Gasteiger partial charge in [0.1, 0.15) is 18.1 Å². The average Bonchev–Trinajstić information content (AvgIpc) is 2.26. The molecule has 6 heteroatoms. The van der Waals surface area contributed by atoms with Gasteiger partial charge in [0.05, 0.1) is 0 Å². The summed E-state index contributed by atoms with van der Waals surface area (Å²) in [4.78, 5) is 10.8. The first kappa shape index (κ1) is 11.5. The number of halogens is 3. The lowest BCUT2D eigenvalue weighted by Crippen LogP contribution is -2.22. The van der Waals surface area contributed by atoms with E-state index in [-0.39, 0.29) is 5.75 Å². The number of nitrogens with one attached hydrogen (secondary N) is 1. The minimum atomic E-state index is -4.73. The lowest BCUT2D eigenvalue weighted by atomic mass is 9.98. The second-order valence-electron chi connectivity index (χ2n) is 3.45. The standard InChI is InChI=1S/C11H8F3NO2/c12-11(13,14)17-8-2-1-7-3-4-15-10(6-16)9(7)5-8/h1-6,10,15H. The van der Waals surface area contributed by atoms with Gasteiger partial charge in [-0.25, -0.2) is 0 Å². The third-order valence-corrected chi connectivity index (χ3v) is 2.30. The van der Waals surface area contributed by atoms with Gasteiger partial charge >= 0.3 is 6.36 Å². The molecular weight excluding hydrogens is 235 g/mol. The fraction of sp³-hybridized carbons (Fsp3) is 0.182. The zero-order valence-electron chi connectivity index (χ0n) is 8.49. The number of rotatable bonds is 2. The molecule has 0 bridgehead atoms. The van der Waals surface area contributed by atoms with Crippen LogP contribution in [0.4, 0.5) is 13.2 Å². The summed E-state index contributed by atoms with van der Waals surface area (Å²) < 4.78 is 39.9. The van der Waals surface area contributed by atoms with Gasteiger partial charge in [-0.2, -0.15) is 0 Å². The first-order valence-corrected chi connectivity index (χ1v) is 4.77. The lowest BCUT2D eigenvalue weighted by Gasteiger charge is -2.20. The first-order chi connectivity index (χ1) is 7.99. The monoisotopic (exact) mass is 243 g/mol. The summed E-state index contributed by atoms with van der Waals surface area (Å²) >= 11 is 0. The lowest BCUT2D eigenvalue weighted by molar-refractivity contribution is -0.274. The molecule has 17 heavy (non-hydrogen) atoms. The van der Waals surface area contributed by atoms with Gasteiger partial charge in [-0.1, -0.05) is 6.07 Å². The van der Waals surface area contributed by atoms with Crippen molar-refractivity contribution in [2.45, 2.75) is 12.4 Å². The predicted molar refractivity (Wildman–Crippen MR) is 54.1 cm³/mol. The number of hydrogen-bond acceptors (Lipinski definition) is 3. The SMILES string of the molecule is O=CC1NC=Cc2ccc(OC(F)(F)F)cc21. The number of benzene rings is 1. The second kappa shape index (κ2) is 4.12. The molecule has 1 atom stereocenters. The minimum absolute atomic E-state index is 0.333. The molecule has 1 heterocycles. The van der Waals surface area contributed by atoms with Crippen molar-refractivity contribution in [2.24, 2.45) is 0 Å². The number of aldehydes is 1. The van der Waals surface area contributed by atoms with E-state index in [1.165, 1.54) is 18.2 Å². The Hall–Kier alpha value is -1.98. The van der Waals surface area contributed by atoms with Crippen LogP contribution in [-0.4, -0.2) is 12.6 Å². The van der Waals surface area contributed by atoms with Crippen LogP contribution in [0.5, 0.6) is 5.75 Å². The summed E-state index contributed by atoms with van der Waals surface area (Å²) in [5.41, 5.74) is 1.15. The molecule has 0 aliphatic carbocycles. The van der Waals surface area contributed by atoms with E-state index >= 15 is 0 Å². The van der Waals surface area contributed by atoms with E-state index in [0.29, 0.717) is 17.4 Å². The van der Waals surface area contributed by atoms with Gasteiger partial charge < -0.3 is 14.8 Å². The summed E-state index contributed by atoms with van der Waals surface area (Å²) in [6, 6.07) is 3.25. The number of carbonyl (C=O) groups is 1. The van der Waals surface area contributed by atoms with Gasteiger partial charge in [0, 0.05) is 0 Å². The van der Waals surface area contributed by atoms with Crippen LogP contribution in [0.3, 0.4) is 0 Å². The molecule has 1 N–H and O–H groups in total. The summed E-state index contributed by atoms with van der Waals surface area (Å²) in [6.07, 6.45) is -0.860. The average molecular weight is 243 g/mol. The normalized spacial score (nSPS) is 18.2. The molecule has 90 valence electrons. The van der Waals surface area contributed by atoms with Crippen molar-refractivity contribution in [3.63, 3.8) is 0 Å². The molecule has 2 rings (SSSR count). The highest BCUT2D eigenvalue weighted by Gasteiger charge is 2.31. The van der Waals surface area contributed by atoms with Gasteiger partial charge in [0.2, 0.25) is 0 Å². The number of ether oxygens (including phenoxy) is 1. The van der Waals surface area contributed by atoms with Gasteiger partial charge in [-0.05, 0) is 35.5 Å². The summed E-state index contributed by atoms with van der Waals surface area (Å²) in [6.45, 7) is 0. The van der Waals surface area contributed by atoms with Crippen LogP contribution in [0.15, 0.2) is 24.4 Å². The third-order valence-electron chi connectivity index (χ3n) is 2.30. The molecule has 1 aliphatic heterocycles. The van der Waals surface area contributed by atoms with E-state index < -0.39 is 12.4 Å². The van der Waals surface area contributed by atoms with Gasteiger partial charge in [-0.3, -0.25) is 0 Å². The predicted octanol–water partition coefficient (Wildman–Crippen LogP) is 2.40. The molecule has 1 unspecified atom stereocenters. The number of fused-ring (bicyclic) bond motifs is 1. The maximum absolute atomic E-state index is 12.0. The topological polar surface area (TPSA) is 38.3 Å². The highest BCUT2D eigenvalue weighted by Crippen LogP contribution is 2.29. The molecule has 1 aliphatic rings. The summed E-state index contributed by atoms with van der Waals surface area (Å²) in [5.74, 6) is -0.333. The first-order valence-electron chi connectivity index (χ1n) is 4.77. The smallest absolute Gasteiger partial charge is 0.406 e. The van der Waals surface area contributed by atoms with Crippen molar-refractivity contribution in [2.75, 3.05) is 0 Å². The number of carbonyl (C=O) groups excluding carboxylic acids is 1. The van der Waals surface area contributed by atoms with Gasteiger partial charge in [0.15, 0.2) is 0 Å². The van der Waals surface area contributed by atoms with Crippen LogP contribution in [0.25, 0.3) is 6.08 Å². The molecule has 3 nitrogen and oxygen atoms in total.